The lowest BCUT2D eigenvalue weighted by atomic mass is 10.1. The zero-order chi connectivity index (χ0) is 16.0. The monoisotopic (exact) mass is 308 g/mol. The van der Waals surface area contributed by atoms with Crippen molar-refractivity contribution in [2.45, 2.75) is 45.8 Å². The molecule has 0 atom stereocenters. The fourth-order valence-electron chi connectivity index (χ4n) is 3.34. The van der Waals surface area contributed by atoms with Gasteiger partial charge in [-0.3, -0.25) is 4.90 Å². The maximum absolute atomic E-state index is 4.50. The fraction of sp³-hybridized carbons (Fsp3) is 0.421. The van der Waals surface area contributed by atoms with Gasteiger partial charge in [0.05, 0.1) is 6.54 Å². The average molecular weight is 308 g/mol. The van der Waals surface area contributed by atoms with Crippen molar-refractivity contribution >= 4 is 10.9 Å². The van der Waals surface area contributed by atoms with E-state index in [-0.39, 0.29) is 0 Å². The molecule has 23 heavy (non-hydrogen) atoms. The summed E-state index contributed by atoms with van der Waals surface area (Å²) >= 11 is 0. The van der Waals surface area contributed by atoms with Gasteiger partial charge in [0.2, 0.25) is 0 Å². The zero-order valence-electron chi connectivity index (χ0n) is 14.1. The Morgan fingerprint density at radius 1 is 1.26 bits per heavy atom. The molecule has 1 aliphatic carbocycles. The minimum Gasteiger partial charge on any atom is -0.357 e. The van der Waals surface area contributed by atoms with Crippen LogP contribution >= 0.6 is 0 Å². The number of nitrogens with one attached hydrogen (secondary N) is 1. The third-order valence-electron chi connectivity index (χ3n) is 5.01. The van der Waals surface area contributed by atoms with Crippen LogP contribution in [0.5, 0.6) is 0 Å². The summed E-state index contributed by atoms with van der Waals surface area (Å²) in [5.74, 6) is 1.14. The van der Waals surface area contributed by atoms with E-state index in [0.717, 1.165) is 18.9 Å². The first-order valence-corrected chi connectivity index (χ1v) is 8.40. The highest BCUT2D eigenvalue weighted by Crippen LogP contribution is 2.31. The van der Waals surface area contributed by atoms with Crippen molar-refractivity contribution in [3.8, 4) is 0 Å². The van der Waals surface area contributed by atoms with Gasteiger partial charge in [0.25, 0.3) is 0 Å². The molecule has 1 saturated carbocycles. The molecule has 0 saturated heterocycles. The van der Waals surface area contributed by atoms with Gasteiger partial charge in [-0.15, -0.1) is 0 Å². The molecule has 4 rings (SSSR count). The molecule has 0 radical (unpaired) electrons. The minimum absolute atomic E-state index is 0.708. The Hall–Kier alpha value is -2.07. The number of fused-ring (bicyclic) bond motifs is 1. The molecule has 1 N–H and O–H groups in total. The normalized spacial score (nSPS) is 15.0. The van der Waals surface area contributed by atoms with Gasteiger partial charge in [-0.25, -0.2) is 4.98 Å². The molecule has 2 aromatic heterocycles. The number of hydrogen-bond acceptors (Lipinski definition) is 2. The first-order valence-electron chi connectivity index (χ1n) is 8.40. The Morgan fingerprint density at radius 3 is 2.78 bits per heavy atom. The second kappa shape index (κ2) is 5.53. The second-order valence-corrected chi connectivity index (χ2v) is 6.87. The van der Waals surface area contributed by atoms with Gasteiger partial charge in [-0.2, -0.15) is 0 Å². The molecule has 0 bridgehead atoms. The third-order valence-corrected chi connectivity index (χ3v) is 5.01. The van der Waals surface area contributed by atoms with Crippen molar-refractivity contribution in [1.82, 2.24) is 19.4 Å². The van der Waals surface area contributed by atoms with Gasteiger partial charge >= 0.3 is 0 Å². The summed E-state index contributed by atoms with van der Waals surface area (Å²) in [4.78, 5) is 10.7. The first-order chi connectivity index (χ1) is 11.1. The van der Waals surface area contributed by atoms with Crippen LogP contribution < -0.4 is 0 Å². The van der Waals surface area contributed by atoms with Gasteiger partial charge in [0.15, 0.2) is 0 Å². The summed E-state index contributed by atoms with van der Waals surface area (Å²) in [6.45, 7) is 6.28. The Balaban J connectivity index is 1.62. The number of aryl methyl sites for hydroxylation is 3. The van der Waals surface area contributed by atoms with Crippen molar-refractivity contribution in [3.05, 3.63) is 53.2 Å². The lowest BCUT2D eigenvalue weighted by Gasteiger charge is -2.21. The van der Waals surface area contributed by atoms with Crippen LogP contribution in [0.15, 0.2) is 30.6 Å². The zero-order valence-corrected chi connectivity index (χ0v) is 14.1. The molecule has 1 fully saturated rings. The van der Waals surface area contributed by atoms with Gasteiger partial charge in [0.1, 0.15) is 5.82 Å². The third kappa shape index (κ3) is 2.79. The number of aromatic amines is 1. The summed E-state index contributed by atoms with van der Waals surface area (Å²) in [7, 11) is 2.07. The van der Waals surface area contributed by atoms with Crippen molar-refractivity contribution < 1.29 is 0 Å². The van der Waals surface area contributed by atoms with Crippen LogP contribution in [0.3, 0.4) is 0 Å². The second-order valence-electron chi connectivity index (χ2n) is 6.87. The van der Waals surface area contributed by atoms with Crippen molar-refractivity contribution in [2.24, 2.45) is 7.05 Å². The number of benzene rings is 1. The van der Waals surface area contributed by atoms with E-state index in [1.807, 2.05) is 12.4 Å². The van der Waals surface area contributed by atoms with Crippen molar-refractivity contribution in [1.29, 1.82) is 0 Å². The predicted molar refractivity (Wildman–Crippen MR) is 93.2 cm³/mol. The van der Waals surface area contributed by atoms with E-state index in [0.29, 0.717) is 6.04 Å². The van der Waals surface area contributed by atoms with Crippen LogP contribution in [0.4, 0.5) is 0 Å². The van der Waals surface area contributed by atoms with E-state index in [1.165, 1.54) is 40.6 Å². The summed E-state index contributed by atoms with van der Waals surface area (Å²) in [6.07, 6.45) is 6.53. The molecular formula is C19H24N4. The molecule has 3 aromatic rings. The SMILES string of the molecule is Cc1ccc2[nH]c(CN(Cc3nccn3C)C3CC3)c(C)c2c1. The maximum atomic E-state index is 4.50. The van der Waals surface area contributed by atoms with Gasteiger partial charge < -0.3 is 9.55 Å². The largest absolute Gasteiger partial charge is 0.357 e. The molecule has 1 aliphatic rings. The van der Waals surface area contributed by atoms with Crippen LogP contribution in [0, 0.1) is 13.8 Å². The van der Waals surface area contributed by atoms with E-state index >= 15 is 0 Å². The number of aromatic nitrogens is 3. The highest BCUT2D eigenvalue weighted by atomic mass is 15.2. The topological polar surface area (TPSA) is 36.9 Å². The smallest absolute Gasteiger partial charge is 0.122 e. The average Bonchev–Trinajstić information content (AvgIpc) is 3.24. The Morgan fingerprint density at radius 2 is 2.09 bits per heavy atom. The van der Waals surface area contributed by atoms with Gasteiger partial charge in [-0.05, 0) is 44.4 Å². The van der Waals surface area contributed by atoms with Crippen molar-refractivity contribution in [2.75, 3.05) is 0 Å². The Kier molecular flexibility index (Phi) is 3.49. The molecular weight excluding hydrogens is 284 g/mol. The summed E-state index contributed by atoms with van der Waals surface area (Å²) in [6, 6.07) is 7.36. The summed E-state index contributed by atoms with van der Waals surface area (Å²) < 4.78 is 2.12. The molecule has 0 unspecified atom stereocenters. The number of hydrogen-bond donors (Lipinski definition) is 1. The van der Waals surface area contributed by atoms with E-state index in [4.69, 9.17) is 0 Å². The minimum atomic E-state index is 0.708. The predicted octanol–water partition coefficient (Wildman–Crippen LogP) is 3.68. The molecule has 2 heterocycles. The molecule has 0 spiro atoms. The van der Waals surface area contributed by atoms with E-state index in [9.17, 15) is 0 Å². The van der Waals surface area contributed by atoms with Crippen LogP contribution in [-0.4, -0.2) is 25.5 Å². The van der Waals surface area contributed by atoms with E-state index in [1.54, 1.807) is 0 Å². The lowest BCUT2D eigenvalue weighted by molar-refractivity contribution is 0.234. The lowest BCUT2D eigenvalue weighted by Crippen LogP contribution is -2.27. The molecule has 0 aliphatic heterocycles. The quantitative estimate of drug-likeness (QED) is 0.780. The number of nitrogens with zero attached hydrogens (tertiary/aromatic N) is 3. The molecule has 120 valence electrons. The maximum Gasteiger partial charge on any atom is 0.122 e. The van der Waals surface area contributed by atoms with Crippen molar-refractivity contribution in [3.63, 3.8) is 0 Å². The number of H-pyrrole nitrogens is 1. The molecule has 0 amide bonds. The van der Waals surface area contributed by atoms with Crippen LogP contribution in [-0.2, 0) is 20.1 Å². The Labute approximate surface area is 137 Å². The highest BCUT2D eigenvalue weighted by Gasteiger charge is 2.30. The standard InChI is InChI=1S/C19H24N4/c1-13-4-7-17-16(10-13)14(2)18(21-17)11-23(15-5-6-15)12-19-20-8-9-22(19)3/h4,7-10,15,21H,5-6,11-12H2,1-3H3. The number of rotatable bonds is 5. The molecule has 4 nitrogen and oxygen atoms in total. The number of imidazole rings is 1. The van der Waals surface area contributed by atoms with E-state index < -0.39 is 0 Å². The fourth-order valence-corrected chi connectivity index (χ4v) is 3.34. The van der Waals surface area contributed by atoms with Crippen LogP contribution in [0.25, 0.3) is 10.9 Å². The highest BCUT2D eigenvalue weighted by molar-refractivity contribution is 5.85. The summed E-state index contributed by atoms with van der Waals surface area (Å²) in [5.41, 5.74) is 5.29. The van der Waals surface area contributed by atoms with Crippen LogP contribution in [0.1, 0.15) is 35.5 Å². The summed E-state index contributed by atoms with van der Waals surface area (Å²) in [5, 5.41) is 1.35. The van der Waals surface area contributed by atoms with Crippen LogP contribution in [0.2, 0.25) is 0 Å². The first kappa shape index (κ1) is 14.5. The van der Waals surface area contributed by atoms with Gasteiger partial charge in [-0.1, -0.05) is 11.6 Å². The molecule has 1 aromatic carbocycles. The Bertz CT molecular complexity index is 838. The van der Waals surface area contributed by atoms with E-state index in [2.05, 4.69) is 58.5 Å². The van der Waals surface area contributed by atoms with Gasteiger partial charge in [0, 0.05) is 48.6 Å². The molecule has 4 heteroatoms.